The molecule has 5 nitrogen and oxygen atoms in total. The molecule has 3 unspecified atom stereocenters. The quantitative estimate of drug-likeness (QED) is 0.905. The van der Waals surface area contributed by atoms with Crippen molar-refractivity contribution in [2.45, 2.75) is 44.2 Å². The van der Waals surface area contributed by atoms with Gasteiger partial charge in [0.25, 0.3) is 0 Å². The van der Waals surface area contributed by atoms with E-state index in [1.54, 1.807) is 24.3 Å². The van der Waals surface area contributed by atoms with Crippen LogP contribution in [0.5, 0.6) is 0 Å². The molecule has 1 N–H and O–H groups in total. The zero-order chi connectivity index (χ0) is 16.5. The number of ether oxygens (including phenoxy) is 1. The molecule has 3 aliphatic rings. The Morgan fingerprint density at radius 3 is 3.12 bits per heavy atom. The van der Waals surface area contributed by atoms with Gasteiger partial charge in [-0.3, -0.25) is 10.2 Å². The van der Waals surface area contributed by atoms with E-state index in [-0.39, 0.29) is 6.10 Å². The number of fused-ring (bicyclic) bond motifs is 4. The van der Waals surface area contributed by atoms with Gasteiger partial charge in [-0.15, -0.1) is 0 Å². The molecule has 1 saturated carbocycles. The summed E-state index contributed by atoms with van der Waals surface area (Å²) in [6, 6.07) is 9.59. The van der Waals surface area contributed by atoms with Gasteiger partial charge in [-0.2, -0.15) is 5.26 Å². The van der Waals surface area contributed by atoms with Gasteiger partial charge in [-0.25, -0.2) is 4.79 Å². The Kier molecular flexibility index (Phi) is 4.15. The van der Waals surface area contributed by atoms with Crippen LogP contribution in [0.2, 0.25) is 0 Å². The van der Waals surface area contributed by atoms with Crippen LogP contribution in [0.3, 0.4) is 0 Å². The zero-order valence-corrected chi connectivity index (χ0v) is 13.8. The van der Waals surface area contributed by atoms with Gasteiger partial charge in [0.15, 0.2) is 0 Å². The minimum atomic E-state index is -0.398. The van der Waals surface area contributed by atoms with Crippen LogP contribution in [0.25, 0.3) is 0 Å². The van der Waals surface area contributed by atoms with Crippen molar-refractivity contribution in [2.75, 3.05) is 18.4 Å². The van der Waals surface area contributed by atoms with Crippen molar-refractivity contribution in [3.63, 3.8) is 0 Å². The van der Waals surface area contributed by atoms with Crippen molar-refractivity contribution >= 4 is 11.8 Å². The number of benzene rings is 1. The Morgan fingerprint density at radius 1 is 1.33 bits per heavy atom. The first-order valence-corrected chi connectivity index (χ1v) is 8.95. The summed E-state index contributed by atoms with van der Waals surface area (Å²) in [7, 11) is 0. The Bertz CT molecular complexity index is 669. The van der Waals surface area contributed by atoms with E-state index in [2.05, 4.69) is 16.3 Å². The summed E-state index contributed by atoms with van der Waals surface area (Å²) in [5, 5.41) is 11.7. The second kappa shape index (κ2) is 6.45. The van der Waals surface area contributed by atoms with Crippen LogP contribution in [0.15, 0.2) is 24.3 Å². The van der Waals surface area contributed by atoms with Crippen LogP contribution in [-0.4, -0.2) is 36.2 Å². The van der Waals surface area contributed by atoms with E-state index in [1.807, 2.05) is 0 Å². The highest BCUT2D eigenvalue weighted by molar-refractivity contribution is 5.85. The fraction of sp³-hybridized carbons (Fsp3) is 0.579. The third-order valence-corrected chi connectivity index (χ3v) is 5.80. The Balaban J connectivity index is 1.40. The number of nitrogens with one attached hydrogen (secondary N) is 1. The normalized spacial score (nSPS) is 31.8. The number of hydrogen-bond donors (Lipinski definition) is 1. The van der Waals surface area contributed by atoms with Gasteiger partial charge in [0.05, 0.1) is 11.6 Å². The first-order chi connectivity index (χ1) is 11.7. The average Bonchev–Trinajstić information content (AvgIpc) is 2.91. The molecule has 4 rings (SSSR count). The van der Waals surface area contributed by atoms with Gasteiger partial charge in [0, 0.05) is 24.2 Å². The van der Waals surface area contributed by atoms with E-state index < -0.39 is 6.09 Å². The highest BCUT2D eigenvalue weighted by atomic mass is 16.6. The molecule has 0 spiro atoms. The summed E-state index contributed by atoms with van der Waals surface area (Å²) in [5.41, 5.74) is 1.14. The van der Waals surface area contributed by atoms with Crippen LogP contribution in [0.4, 0.5) is 10.5 Å². The van der Waals surface area contributed by atoms with Crippen molar-refractivity contribution in [2.24, 2.45) is 11.8 Å². The lowest BCUT2D eigenvalue weighted by atomic mass is 9.84. The van der Waals surface area contributed by atoms with Gasteiger partial charge in [-0.1, -0.05) is 12.5 Å². The molecule has 126 valence electrons. The number of rotatable bonds is 2. The smallest absolute Gasteiger partial charge is 0.411 e. The standard InChI is InChI=1S/C19H23N3O2/c20-11-13-4-3-5-15(8-13)21-19(23)24-18-10-14-9-16(18)17-6-1-2-7-22(17)12-14/h3-5,8,14,16-18H,1-2,6-7,9-10,12H2,(H,21,23)/t14?,16?,17-,18?/m1/s1. The number of amides is 1. The van der Waals surface area contributed by atoms with E-state index in [0.29, 0.717) is 29.1 Å². The Hall–Kier alpha value is -2.06. The van der Waals surface area contributed by atoms with Crippen molar-refractivity contribution in [1.82, 2.24) is 4.90 Å². The number of piperidine rings is 2. The predicted octanol–water partition coefficient (Wildman–Crippen LogP) is 3.37. The Morgan fingerprint density at radius 2 is 2.25 bits per heavy atom. The van der Waals surface area contributed by atoms with Crippen LogP contribution in [-0.2, 0) is 4.74 Å². The van der Waals surface area contributed by atoms with Gasteiger partial charge in [0.1, 0.15) is 6.10 Å². The molecule has 1 aromatic carbocycles. The SMILES string of the molecule is N#Cc1cccc(NC(=O)OC2CC3CC2[C@H]2CCCCN2C3)c1. The lowest BCUT2D eigenvalue weighted by Gasteiger charge is -2.43. The van der Waals surface area contributed by atoms with E-state index >= 15 is 0 Å². The van der Waals surface area contributed by atoms with Gasteiger partial charge >= 0.3 is 6.09 Å². The van der Waals surface area contributed by atoms with Crippen LogP contribution >= 0.6 is 0 Å². The summed E-state index contributed by atoms with van der Waals surface area (Å²) in [6.45, 7) is 2.38. The molecule has 4 atom stereocenters. The largest absolute Gasteiger partial charge is 0.446 e. The molecule has 5 heteroatoms. The van der Waals surface area contributed by atoms with E-state index in [0.717, 1.165) is 6.42 Å². The molecule has 24 heavy (non-hydrogen) atoms. The van der Waals surface area contributed by atoms with Crippen molar-refractivity contribution in [3.05, 3.63) is 29.8 Å². The molecule has 3 fully saturated rings. The van der Waals surface area contributed by atoms with E-state index in [4.69, 9.17) is 10.00 Å². The second-order valence-corrected chi connectivity index (χ2v) is 7.32. The molecule has 2 saturated heterocycles. The van der Waals surface area contributed by atoms with Crippen molar-refractivity contribution in [3.8, 4) is 6.07 Å². The molecule has 2 aliphatic heterocycles. The summed E-state index contributed by atoms with van der Waals surface area (Å²) in [5.74, 6) is 1.16. The monoisotopic (exact) mass is 325 g/mol. The summed E-state index contributed by atoms with van der Waals surface area (Å²) in [6.07, 6.45) is 5.65. The third kappa shape index (κ3) is 2.99. The first-order valence-electron chi connectivity index (χ1n) is 8.95. The molecule has 2 bridgehead atoms. The molecule has 1 amide bonds. The van der Waals surface area contributed by atoms with Gasteiger partial charge in [-0.05, 0) is 56.3 Å². The summed E-state index contributed by atoms with van der Waals surface area (Å²) >= 11 is 0. The van der Waals surface area contributed by atoms with Crippen molar-refractivity contribution < 1.29 is 9.53 Å². The highest BCUT2D eigenvalue weighted by Gasteiger charge is 2.48. The number of nitriles is 1. The first kappa shape index (κ1) is 15.5. The minimum Gasteiger partial charge on any atom is -0.446 e. The number of carbonyl (C=O) groups excluding carboxylic acids is 1. The average molecular weight is 325 g/mol. The van der Waals surface area contributed by atoms with Crippen LogP contribution < -0.4 is 5.32 Å². The molecular weight excluding hydrogens is 302 g/mol. The van der Waals surface area contributed by atoms with Crippen LogP contribution in [0, 0.1) is 23.2 Å². The topological polar surface area (TPSA) is 65.4 Å². The fourth-order valence-corrected chi connectivity index (χ4v) is 4.84. The molecule has 0 aromatic heterocycles. The number of nitrogens with zero attached hydrogens (tertiary/aromatic N) is 2. The zero-order valence-electron chi connectivity index (χ0n) is 13.8. The minimum absolute atomic E-state index is 0.0299. The lowest BCUT2D eigenvalue weighted by molar-refractivity contribution is 0.0181. The maximum absolute atomic E-state index is 12.3. The third-order valence-electron chi connectivity index (χ3n) is 5.80. The predicted molar refractivity (Wildman–Crippen MR) is 90.5 cm³/mol. The summed E-state index contributed by atoms with van der Waals surface area (Å²) < 4.78 is 5.79. The van der Waals surface area contributed by atoms with Gasteiger partial charge in [0.2, 0.25) is 0 Å². The van der Waals surface area contributed by atoms with Crippen molar-refractivity contribution in [1.29, 1.82) is 5.26 Å². The fourth-order valence-electron chi connectivity index (χ4n) is 4.84. The Labute approximate surface area is 142 Å². The lowest BCUT2D eigenvalue weighted by Crippen LogP contribution is -2.49. The van der Waals surface area contributed by atoms with Crippen LogP contribution in [0.1, 0.15) is 37.7 Å². The number of anilines is 1. The second-order valence-electron chi connectivity index (χ2n) is 7.32. The maximum Gasteiger partial charge on any atom is 0.411 e. The molecule has 2 heterocycles. The number of hydrogen-bond acceptors (Lipinski definition) is 4. The van der Waals surface area contributed by atoms with Gasteiger partial charge < -0.3 is 4.74 Å². The molecular formula is C19H23N3O2. The van der Waals surface area contributed by atoms with E-state index in [1.165, 1.54) is 38.8 Å². The van der Waals surface area contributed by atoms with E-state index in [9.17, 15) is 4.79 Å². The molecule has 0 radical (unpaired) electrons. The summed E-state index contributed by atoms with van der Waals surface area (Å²) in [4.78, 5) is 14.9. The highest BCUT2D eigenvalue weighted by Crippen LogP contribution is 2.45. The molecule has 1 aliphatic carbocycles. The maximum atomic E-state index is 12.3. The number of carbonyl (C=O) groups is 1. The molecule has 1 aromatic rings.